The van der Waals surface area contributed by atoms with Crippen molar-refractivity contribution >= 4 is 79.5 Å². The second-order valence-electron chi connectivity index (χ2n) is 6.39. The molecule has 152 valence electrons. The maximum atomic E-state index is 11.2. The smallest absolute Gasteiger partial charge is 0.346 e. The van der Waals surface area contributed by atoms with Gasteiger partial charge in [-0.25, -0.2) is 4.79 Å². The number of hydrogen-bond acceptors (Lipinski definition) is 5. The second kappa shape index (κ2) is 12.7. The second-order valence-corrected chi connectivity index (χ2v) is 9.08. The molecule has 1 rings (SSSR count). The Labute approximate surface area is 202 Å². The molecule has 0 fully saturated rings. The van der Waals surface area contributed by atoms with Gasteiger partial charge >= 0.3 is 5.97 Å². The molecule has 0 saturated heterocycles. The number of oxime groups is 1. The average Bonchev–Trinajstić information content (AvgIpc) is 2.65. The fourth-order valence-corrected chi connectivity index (χ4v) is 6.44. The van der Waals surface area contributed by atoms with Crippen molar-refractivity contribution in [3.8, 4) is 5.75 Å². The Bertz CT molecular complexity index is 661. The molecule has 0 heterocycles. The Morgan fingerprint density at radius 3 is 2.44 bits per heavy atom. The molecule has 0 N–H and O–H groups in total. The topological polar surface area (TPSA) is 57.1 Å². The normalized spacial score (nSPS) is 12.0. The van der Waals surface area contributed by atoms with E-state index in [2.05, 4.69) is 104 Å². The zero-order valence-corrected chi connectivity index (χ0v) is 22.6. The van der Waals surface area contributed by atoms with E-state index in [-0.39, 0.29) is 12.0 Å². The predicted molar refractivity (Wildman–Crippen MR) is 135 cm³/mol. The molecular weight excluding hydrogens is 687 g/mol. The van der Waals surface area contributed by atoms with Gasteiger partial charge in [-0.1, -0.05) is 50.3 Å². The summed E-state index contributed by atoms with van der Waals surface area (Å²) in [6.45, 7) is 6.63. The van der Waals surface area contributed by atoms with Crippen LogP contribution in [0.2, 0.25) is 0 Å². The highest BCUT2D eigenvalue weighted by atomic mass is 127. The van der Waals surface area contributed by atoms with Gasteiger partial charge < -0.3 is 14.3 Å². The Morgan fingerprint density at radius 2 is 1.85 bits per heavy atom. The zero-order valence-electron chi connectivity index (χ0n) is 16.1. The highest BCUT2D eigenvalue weighted by molar-refractivity contribution is 14.1. The average molecular weight is 713 g/mol. The maximum absolute atomic E-state index is 11.2. The van der Waals surface area contributed by atoms with Gasteiger partial charge in [0, 0.05) is 17.8 Å². The third-order valence-corrected chi connectivity index (χ3v) is 8.49. The lowest BCUT2D eigenvalue weighted by Crippen LogP contribution is -2.34. The third-order valence-electron chi connectivity index (χ3n) is 4.40. The van der Waals surface area contributed by atoms with Crippen LogP contribution in [0.5, 0.6) is 5.75 Å². The molecule has 5 nitrogen and oxygen atoms in total. The summed E-state index contributed by atoms with van der Waals surface area (Å²) < 4.78 is 13.7. The molecule has 0 aliphatic carbocycles. The molecule has 8 heteroatoms. The lowest BCUT2D eigenvalue weighted by molar-refractivity contribution is -0.145. The molecule has 0 saturated carbocycles. The number of aryl methyl sites for hydroxylation is 2. The molecular formula is C19H26I3NO4. The first-order valence-electron chi connectivity index (χ1n) is 8.55. The number of hydrogen-bond donors (Lipinski definition) is 0. The van der Waals surface area contributed by atoms with Crippen LogP contribution in [-0.2, 0) is 14.4 Å². The molecule has 0 atom stereocenters. The van der Waals surface area contributed by atoms with Crippen molar-refractivity contribution in [1.82, 2.24) is 0 Å². The fraction of sp³-hybridized carbons (Fsp3) is 0.579. The van der Waals surface area contributed by atoms with Crippen LogP contribution in [-0.4, -0.2) is 40.9 Å². The van der Waals surface area contributed by atoms with E-state index in [1.54, 1.807) is 0 Å². The van der Waals surface area contributed by atoms with E-state index in [1.165, 1.54) is 16.2 Å². The summed E-state index contributed by atoms with van der Waals surface area (Å²) in [7, 11) is 1.33. The molecule has 0 aliphatic heterocycles. The first-order valence-corrected chi connectivity index (χ1v) is 12.7. The largest absolute Gasteiger partial charge is 0.493 e. The molecule has 0 aliphatic rings. The Morgan fingerprint density at radius 1 is 1.19 bits per heavy atom. The molecule has 0 spiro atoms. The number of alkyl halides is 2. The molecule has 27 heavy (non-hydrogen) atoms. The summed E-state index contributed by atoms with van der Waals surface area (Å²) in [5.41, 5.74) is 3.22. The van der Waals surface area contributed by atoms with Gasteiger partial charge in [0.25, 0.3) is 0 Å². The van der Waals surface area contributed by atoms with Crippen molar-refractivity contribution in [2.75, 3.05) is 29.2 Å². The number of ether oxygens (including phenoxy) is 2. The minimum atomic E-state index is -0.433. The van der Waals surface area contributed by atoms with Crippen LogP contribution in [0, 0.1) is 22.8 Å². The van der Waals surface area contributed by atoms with E-state index in [0.717, 1.165) is 38.7 Å². The summed E-state index contributed by atoms with van der Waals surface area (Å²) in [5, 5.41) is 4.16. The summed E-state index contributed by atoms with van der Waals surface area (Å²) in [5.74, 6) is 0.520. The number of methoxy groups -OCH3 is 1. The van der Waals surface area contributed by atoms with Crippen molar-refractivity contribution in [3.05, 3.63) is 26.8 Å². The minimum absolute atomic E-state index is 0.0718. The molecule has 0 unspecified atom stereocenters. The van der Waals surface area contributed by atoms with Gasteiger partial charge in [0.15, 0.2) is 0 Å². The lowest BCUT2D eigenvalue weighted by atomic mass is 9.83. The highest BCUT2D eigenvalue weighted by Crippen LogP contribution is 2.32. The van der Waals surface area contributed by atoms with Gasteiger partial charge in [-0.05, 0) is 79.5 Å². The highest BCUT2D eigenvalue weighted by Gasteiger charge is 2.31. The van der Waals surface area contributed by atoms with Crippen LogP contribution in [0.4, 0.5) is 0 Å². The monoisotopic (exact) mass is 713 g/mol. The van der Waals surface area contributed by atoms with E-state index in [0.29, 0.717) is 6.61 Å². The first-order chi connectivity index (χ1) is 12.8. The summed E-state index contributed by atoms with van der Waals surface area (Å²) in [6, 6.07) is 4.26. The van der Waals surface area contributed by atoms with E-state index in [4.69, 9.17) is 9.57 Å². The van der Waals surface area contributed by atoms with Gasteiger partial charge in [0.05, 0.1) is 19.4 Å². The zero-order chi connectivity index (χ0) is 20.4. The molecule has 1 aromatic carbocycles. The lowest BCUT2D eigenvalue weighted by Gasteiger charge is -2.29. The van der Waals surface area contributed by atoms with E-state index < -0.39 is 5.97 Å². The van der Waals surface area contributed by atoms with Crippen molar-refractivity contribution in [1.29, 1.82) is 0 Å². The van der Waals surface area contributed by atoms with E-state index >= 15 is 0 Å². The van der Waals surface area contributed by atoms with Crippen molar-refractivity contribution < 1.29 is 19.1 Å². The molecule has 0 bridgehead atoms. The number of benzene rings is 1. The van der Waals surface area contributed by atoms with Crippen LogP contribution in [0.15, 0.2) is 17.3 Å². The van der Waals surface area contributed by atoms with Gasteiger partial charge in [-0.2, -0.15) is 0 Å². The Hall–Kier alpha value is 0.150. The summed E-state index contributed by atoms with van der Waals surface area (Å²) in [4.78, 5) is 16.3. The summed E-state index contributed by atoms with van der Waals surface area (Å²) >= 11 is 7.13. The predicted octanol–water partition coefficient (Wildman–Crippen LogP) is 5.49. The van der Waals surface area contributed by atoms with Crippen LogP contribution >= 0.6 is 67.8 Å². The summed E-state index contributed by atoms with van der Waals surface area (Å²) in [6.07, 6.45) is 1.86. The minimum Gasteiger partial charge on any atom is -0.493 e. The number of nitrogens with zero attached hydrogens (tertiary/aromatic N) is 1. The van der Waals surface area contributed by atoms with Crippen LogP contribution in [0.3, 0.4) is 0 Å². The van der Waals surface area contributed by atoms with Crippen LogP contribution in [0.25, 0.3) is 0 Å². The van der Waals surface area contributed by atoms with Crippen molar-refractivity contribution in [2.45, 2.75) is 33.6 Å². The Kier molecular flexibility index (Phi) is 11.8. The van der Waals surface area contributed by atoms with Gasteiger partial charge in [-0.15, -0.1) is 0 Å². The number of carbonyl (C=O) groups excluding carboxylic acids is 1. The number of halogens is 3. The van der Waals surface area contributed by atoms with Crippen LogP contribution in [0.1, 0.15) is 30.9 Å². The molecule has 0 aromatic heterocycles. The number of rotatable bonds is 11. The first kappa shape index (κ1) is 25.2. The quantitative estimate of drug-likeness (QED) is 0.0762. The molecule has 0 radical (unpaired) electrons. The molecule has 1 aromatic rings. The third kappa shape index (κ3) is 7.82. The number of carbonyl (C=O) groups is 1. The maximum Gasteiger partial charge on any atom is 0.346 e. The van der Waals surface area contributed by atoms with Crippen LogP contribution < -0.4 is 4.74 Å². The molecule has 0 amide bonds. The van der Waals surface area contributed by atoms with Gasteiger partial charge in [-0.3, -0.25) is 0 Å². The van der Waals surface area contributed by atoms with Crippen molar-refractivity contribution in [2.24, 2.45) is 10.6 Å². The van der Waals surface area contributed by atoms with Crippen molar-refractivity contribution in [3.63, 3.8) is 0 Å². The standard InChI is InChI=1S/C19H26I3NO4/c1-13-9-17(14(2)8-16(13)22)26-7-5-6-19(11-20,12-21)15(3)23-27-10-18(24)25-4/h8-9H,5-7,10-12H2,1-4H3/b23-15-. The number of esters is 1. The SMILES string of the molecule is COC(=O)CO/N=C(/C)C(CI)(CI)CCCOc1cc(C)c(I)cc1C. The Balaban J connectivity index is 2.65. The van der Waals surface area contributed by atoms with Gasteiger partial charge in [0.1, 0.15) is 5.75 Å². The fourth-order valence-electron chi connectivity index (χ4n) is 2.38. The van der Waals surface area contributed by atoms with Gasteiger partial charge in [0.2, 0.25) is 6.61 Å². The van der Waals surface area contributed by atoms with E-state index in [9.17, 15) is 4.79 Å². The van der Waals surface area contributed by atoms with E-state index in [1.807, 2.05) is 6.92 Å².